The van der Waals surface area contributed by atoms with Crippen LogP contribution >= 0.6 is 0 Å². The highest BCUT2D eigenvalue weighted by Crippen LogP contribution is 2.08. The minimum atomic E-state index is -3.84. The van der Waals surface area contributed by atoms with Crippen molar-refractivity contribution >= 4 is 12.1 Å². The predicted octanol–water partition coefficient (Wildman–Crippen LogP) is 1.62. The fourth-order valence-corrected chi connectivity index (χ4v) is 0.629. The van der Waals surface area contributed by atoms with Gasteiger partial charge in [-0.25, -0.2) is 9.59 Å². The third kappa shape index (κ3) is 5.93. The number of ether oxygens (including phenoxy) is 1. The predicted molar refractivity (Wildman–Crippen MR) is 55.6 cm³/mol. The molecule has 0 saturated heterocycles. The molecule has 0 aliphatic carbocycles. The van der Waals surface area contributed by atoms with Crippen LogP contribution in [-0.2, 0) is 9.53 Å². The summed E-state index contributed by atoms with van der Waals surface area (Å²) in [6.45, 7) is -3.18. The summed E-state index contributed by atoms with van der Waals surface area (Å²) in [5.74, 6) is -6.15. The van der Waals surface area contributed by atoms with Gasteiger partial charge in [0.05, 0.1) is 1.37 Å². The van der Waals surface area contributed by atoms with Gasteiger partial charge in [-0.15, -0.1) is 0 Å². The van der Waals surface area contributed by atoms with E-state index in [1.54, 1.807) is 0 Å². The molecule has 0 saturated carbocycles. The van der Waals surface area contributed by atoms with Crippen molar-refractivity contribution in [3.63, 3.8) is 0 Å². The zero-order valence-electron chi connectivity index (χ0n) is 16.7. The molecule has 0 aliphatic heterocycles. The minimum Gasteiger partial charge on any atom is -0.480 e. The summed E-state index contributed by atoms with van der Waals surface area (Å²) < 4.78 is 63.6. The van der Waals surface area contributed by atoms with Crippen LogP contribution in [-0.4, -0.2) is 28.8 Å². The second-order valence-electron chi connectivity index (χ2n) is 3.68. The van der Waals surface area contributed by atoms with Crippen LogP contribution in [0.1, 0.15) is 45.4 Å². The monoisotopic (exact) mass is 225 g/mol. The van der Waals surface area contributed by atoms with E-state index in [9.17, 15) is 9.59 Å². The molecule has 0 radical (unpaired) electrons. The van der Waals surface area contributed by atoms with Crippen molar-refractivity contribution in [1.29, 1.82) is 0 Å². The number of aliphatic carboxylic acids is 1. The summed E-state index contributed by atoms with van der Waals surface area (Å²) in [6, 6.07) is -3.70. The van der Waals surface area contributed by atoms with E-state index in [4.69, 9.17) is 20.8 Å². The fraction of sp³-hybridized carbons (Fsp3) is 0.800. The molecule has 1 amide bonds. The van der Waals surface area contributed by atoms with Crippen molar-refractivity contribution in [2.75, 3.05) is 0 Å². The van der Waals surface area contributed by atoms with E-state index in [1.807, 2.05) is 0 Å². The Hall–Kier alpha value is -1.26. The second kappa shape index (κ2) is 5.00. The van der Waals surface area contributed by atoms with Gasteiger partial charge in [-0.05, 0) is 26.7 Å². The Morgan fingerprint density at radius 1 is 1.47 bits per heavy atom. The standard InChI is InChI=1S/C10H19NO4/c1-6(2)7(8(12)13)11-9(14)15-10(3,4)5/h6-7H,1-5H3,(H,11,14)(H,12,13)/t7-/m1/s1/i1D3,2D3,6D,7D. The van der Waals surface area contributed by atoms with Gasteiger partial charge < -0.3 is 15.2 Å². The van der Waals surface area contributed by atoms with E-state index in [-0.39, 0.29) is 0 Å². The normalized spacial score (nSPS) is 25.8. The Bertz CT molecular complexity index is 467. The largest absolute Gasteiger partial charge is 0.480 e. The molecule has 2 N–H and O–H groups in total. The third-order valence-electron chi connectivity index (χ3n) is 1.09. The number of carboxylic acids is 1. The first-order valence-electron chi connectivity index (χ1n) is 8.04. The summed E-state index contributed by atoms with van der Waals surface area (Å²) in [7, 11) is 0. The number of hydrogen-bond donors (Lipinski definition) is 2. The van der Waals surface area contributed by atoms with Crippen LogP contribution in [0, 0.1) is 5.89 Å². The average Bonchev–Trinajstić information content (AvgIpc) is 2.20. The summed E-state index contributed by atoms with van der Waals surface area (Å²) in [6.07, 6.45) is -1.53. The van der Waals surface area contributed by atoms with Gasteiger partial charge in [0.15, 0.2) is 0 Å². The molecule has 0 bridgehead atoms. The lowest BCUT2D eigenvalue weighted by Gasteiger charge is -2.23. The van der Waals surface area contributed by atoms with E-state index in [0.29, 0.717) is 0 Å². The van der Waals surface area contributed by atoms with Gasteiger partial charge in [0.25, 0.3) is 0 Å². The number of alkyl carbamates (subject to hydrolysis) is 1. The van der Waals surface area contributed by atoms with Gasteiger partial charge in [0.1, 0.15) is 11.6 Å². The summed E-state index contributed by atoms with van der Waals surface area (Å²) in [5, 5.41) is 10.6. The zero-order valence-corrected chi connectivity index (χ0v) is 8.67. The Morgan fingerprint density at radius 2 is 2.00 bits per heavy atom. The van der Waals surface area contributed by atoms with Crippen molar-refractivity contribution in [3.8, 4) is 0 Å². The topological polar surface area (TPSA) is 75.6 Å². The van der Waals surface area contributed by atoms with E-state index in [1.165, 1.54) is 26.1 Å². The summed E-state index contributed by atoms with van der Waals surface area (Å²) in [5.41, 5.74) is -1.12. The average molecular weight is 225 g/mol. The van der Waals surface area contributed by atoms with Crippen molar-refractivity contribution < 1.29 is 30.4 Å². The highest BCUT2D eigenvalue weighted by atomic mass is 16.6. The van der Waals surface area contributed by atoms with Gasteiger partial charge >= 0.3 is 12.1 Å². The SMILES string of the molecule is [2H]C([2H])([2H])C([2H])(C([2H])([2H])[2H])[C@@]([2H])(NC(=O)OC(C)(C)C)C(=O)O. The fourth-order valence-electron chi connectivity index (χ4n) is 0.629. The number of carbonyl (C=O) groups excluding carboxylic acids is 1. The van der Waals surface area contributed by atoms with Crippen molar-refractivity contribution in [2.45, 2.75) is 46.1 Å². The van der Waals surface area contributed by atoms with Crippen LogP contribution in [0.25, 0.3) is 0 Å². The molecule has 0 spiro atoms. The maximum Gasteiger partial charge on any atom is 0.408 e. The molecule has 0 aromatic heterocycles. The van der Waals surface area contributed by atoms with Crippen molar-refractivity contribution in [1.82, 2.24) is 5.32 Å². The van der Waals surface area contributed by atoms with Gasteiger partial charge in [0, 0.05) is 9.60 Å². The number of nitrogens with one attached hydrogen (secondary N) is 1. The maximum absolute atomic E-state index is 11.7. The first kappa shape index (κ1) is 5.18. The van der Waals surface area contributed by atoms with Crippen LogP contribution in [0.3, 0.4) is 0 Å². The molecule has 0 aromatic rings. The lowest BCUT2D eigenvalue weighted by Crippen LogP contribution is -2.46. The number of carbonyl (C=O) groups is 2. The van der Waals surface area contributed by atoms with E-state index < -0.39 is 43.3 Å². The molecule has 0 unspecified atom stereocenters. The molecule has 5 heteroatoms. The van der Waals surface area contributed by atoms with Crippen molar-refractivity contribution in [3.05, 3.63) is 0 Å². The van der Waals surface area contributed by atoms with Gasteiger partial charge in [-0.2, -0.15) is 0 Å². The van der Waals surface area contributed by atoms with Gasteiger partial charge in [-0.1, -0.05) is 13.7 Å². The van der Waals surface area contributed by atoms with Gasteiger partial charge in [0.2, 0.25) is 0 Å². The quantitative estimate of drug-likeness (QED) is 0.765. The maximum atomic E-state index is 11.7. The summed E-state index contributed by atoms with van der Waals surface area (Å²) in [4.78, 5) is 23.1. The third-order valence-corrected chi connectivity index (χ3v) is 1.09. The number of amides is 1. The molecular formula is C10H19NO4. The van der Waals surface area contributed by atoms with E-state index in [0.717, 1.165) is 0 Å². The molecule has 0 rings (SSSR count). The Labute approximate surface area is 101 Å². The highest BCUT2D eigenvalue weighted by Gasteiger charge is 2.26. The Kier molecular flexibility index (Phi) is 1.73. The van der Waals surface area contributed by atoms with E-state index in [2.05, 4.69) is 0 Å². The molecule has 5 nitrogen and oxygen atoms in total. The molecule has 0 fully saturated rings. The first-order chi connectivity index (χ1) is 9.79. The molecule has 0 heterocycles. The van der Waals surface area contributed by atoms with Crippen LogP contribution in [0.2, 0.25) is 0 Å². The Morgan fingerprint density at radius 3 is 2.33 bits per heavy atom. The van der Waals surface area contributed by atoms with Crippen LogP contribution in [0.15, 0.2) is 0 Å². The number of rotatable bonds is 3. The van der Waals surface area contributed by atoms with Crippen LogP contribution in [0.5, 0.6) is 0 Å². The molecule has 1 atom stereocenters. The van der Waals surface area contributed by atoms with Crippen LogP contribution in [0.4, 0.5) is 4.79 Å². The number of carboxylic acid groups (broad SMARTS) is 1. The van der Waals surface area contributed by atoms with Gasteiger partial charge in [-0.3, -0.25) is 0 Å². The second-order valence-corrected chi connectivity index (χ2v) is 3.68. The minimum absolute atomic E-state index is 1.12. The first-order valence-corrected chi connectivity index (χ1v) is 4.04. The molecule has 0 aliphatic rings. The number of hydrogen-bond acceptors (Lipinski definition) is 3. The summed E-state index contributed by atoms with van der Waals surface area (Å²) >= 11 is 0. The Balaban J connectivity index is 6.11. The zero-order chi connectivity index (χ0) is 19.1. The lowest BCUT2D eigenvalue weighted by molar-refractivity contribution is -0.140. The smallest absolute Gasteiger partial charge is 0.408 e. The molecule has 88 valence electrons. The van der Waals surface area contributed by atoms with Crippen molar-refractivity contribution in [2.24, 2.45) is 5.89 Å². The molecule has 15 heavy (non-hydrogen) atoms. The molecule has 0 aromatic carbocycles. The highest BCUT2D eigenvalue weighted by molar-refractivity contribution is 5.80. The van der Waals surface area contributed by atoms with E-state index >= 15 is 0 Å². The molecular weight excluding hydrogens is 198 g/mol. The lowest BCUT2D eigenvalue weighted by atomic mass is 10.1. The van der Waals surface area contributed by atoms with Crippen LogP contribution < -0.4 is 5.32 Å².